The molecule has 2 aliphatic carbocycles. The molecule has 6 aromatic carbocycles. The molecule has 44 heavy (non-hydrogen) atoms. The average Bonchev–Trinajstić information content (AvgIpc) is 3.48. The lowest BCUT2D eigenvalue weighted by molar-refractivity contribution is 0.947. The molecule has 0 saturated heterocycles. The lowest BCUT2D eigenvalue weighted by atomic mass is 9.88. The van der Waals surface area contributed by atoms with Crippen LogP contribution in [-0.2, 0) is 6.42 Å². The van der Waals surface area contributed by atoms with Crippen molar-refractivity contribution in [1.82, 2.24) is 0 Å². The Balaban J connectivity index is 1.24. The molecule has 6 aromatic rings. The van der Waals surface area contributed by atoms with Crippen LogP contribution in [0.25, 0.3) is 33.4 Å². The summed E-state index contributed by atoms with van der Waals surface area (Å²) in [4.78, 5) is 2.34. The van der Waals surface area contributed by atoms with Gasteiger partial charge in [-0.05, 0) is 94.6 Å². The second-order valence-corrected chi connectivity index (χ2v) is 11.5. The lowest BCUT2D eigenvalue weighted by Gasteiger charge is -2.28. The Morgan fingerprint density at radius 1 is 0.500 bits per heavy atom. The van der Waals surface area contributed by atoms with Crippen molar-refractivity contribution in [3.63, 3.8) is 0 Å². The van der Waals surface area contributed by atoms with Crippen molar-refractivity contribution >= 4 is 28.2 Å². The topological polar surface area (TPSA) is 3.24 Å². The first-order valence-corrected chi connectivity index (χ1v) is 15.4. The minimum absolute atomic E-state index is 0.965. The summed E-state index contributed by atoms with van der Waals surface area (Å²) in [5.74, 6) is 0. The normalized spacial score (nSPS) is 13.5. The molecule has 0 unspecified atom stereocenters. The monoisotopic (exact) mass is 561 g/mol. The second kappa shape index (κ2) is 11.3. The number of rotatable bonds is 6. The van der Waals surface area contributed by atoms with Crippen LogP contribution in [0.3, 0.4) is 0 Å². The number of hydrogen-bond donors (Lipinski definition) is 0. The number of nitrogens with zero attached hydrogens (tertiary/aromatic N) is 1. The maximum absolute atomic E-state index is 3.53. The van der Waals surface area contributed by atoms with Crippen LogP contribution in [0, 0.1) is 12.1 Å². The van der Waals surface area contributed by atoms with E-state index < -0.39 is 0 Å². The SMILES string of the molecule is c1c(-c2ccccc2)ccc(N(c2ccc(-c3ccccc3)cc2)c2ccccc2C2=CC3=C(CC2)Cc2ccccc23)c#1. The van der Waals surface area contributed by atoms with Crippen LogP contribution in [0.1, 0.15) is 29.5 Å². The third-order valence-corrected chi connectivity index (χ3v) is 8.89. The average molecular weight is 562 g/mol. The van der Waals surface area contributed by atoms with Gasteiger partial charge in [0.1, 0.15) is 0 Å². The largest absolute Gasteiger partial charge is 0.303 e. The fraction of sp³-hybridized carbons (Fsp3) is 0.0698. The van der Waals surface area contributed by atoms with Crippen LogP contribution >= 0.6 is 0 Å². The minimum Gasteiger partial charge on any atom is -0.303 e. The fourth-order valence-corrected chi connectivity index (χ4v) is 6.68. The van der Waals surface area contributed by atoms with Crippen molar-refractivity contribution < 1.29 is 0 Å². The summed E-state index contributed by atoms with van der Waals surface area (Å²) >= 11 is 0. The Labute approximate surface area is 260 Å². The number of para-hydroxylation sites is 1. The molecule has 0 radical (unpaired) electrons. The highest BCUT2D eigenvalue weighted by atomic mass is 15.1. The Morgan fingerprint density at radius 3 is 1.91 bits per heavy atom. The van der Waals surface area contributed by atoms with E-state index in [1.54, 1.807) is 5.57 Å². The number of allylic oxidation sites excluding steroid dienone is 4. The first kappa shape index (κ1) is 26.1. The van der Waals surface area contributed by atoms with Gasteiger partial charge in [0.25, 0.3) is 0 Å². The van der Waals surface area contributed by atoms with Gasteiger partial charge in [0.05, 0.1) is 11.4 Å². The molecule has 8 rings (SSSR count). The van der Waals surface area contributed by atoms with Gasteiger partial charge in [0.15, 0.2) is 0 Å². The predicted octanol–water partition coefficient (Wildman–Crippen LogP) is 11.3. The van der Waals surface area contributed by atoms with E-state index in [0.717, 1.165) is 47.5 Å². The molecule has 0 N–H and O–H groups in total. The molecular weight excluding hydrogens is 530 g/mol. The maximum atomic E-state index is 3.53. The van der Waals surface area contributed by atoms with Crippen molar-refractivity contribution in [1.29, 1.82) is 0 Å². The third-order valence-electron chi connectivity index (χ3n) is 8.89. The van der Waals surface area contributed by atoms with Crippen LogP contribution in [0.4, 0.5) is 17.1 Å². The van der Waals surface area contributed by atoms with E-state index in [1.807, 2.05) is 6.07 Å². The summed E-state index contributed by atoms with van der Waals surface area (Å²) in [5, 5.41) is 0. The zero-order valence-corrected chi connectivity index (χ0v) is 24.5. The van der Waals surface area contributed by atoms with Gasteiger partial charge in [0, 0.05) is 16.8 Å². The quantitative estimate of drug-likeness (QED) is 0.195. The van der Waals surface area contributed by atoms with Crippen molar-refractivity contribution in [3.05, 3.63) is 186 Å². The van der Waals surface area contributed by atoms with E-state index in [-0.39, 0.29) is 0 Å². The van der Waals surface area contributed by atoms with Crippen molar-refractivity contribution in [2.75, 3.05) is 4.90 Å². The Hall–Kier alpha value is -5.58. The molecular formula is C43H31N. The Morgan fingerprint density at radius 2 is 1.16 bits per heavy atom. The van der Waals surface area contributed by atoms with Crippen LogP contribution in [0.15, 0.2) is 157 Å². The Kier molecular flexibility index (Phi) is 6.67. The molecule has 0 atom stereocenters. The molecule has 1 nitrogen and oxygen atoms in total. The summed E-state index contributed by atoms with van der Waals surface area (Å²) in [5.41, 5.74) is 16.3. The first-order chi connectivity index (χ1) is 21.8. The molecule has 0 amide bonds. The van der Waals surface area contributed by atoms with E-state index in [9.17, 15) is 0 Å². The maximum Gasteiger partial charge on any atom is 0.0974 e. The molecule has 0 fully saturated rings. The first-order valence-electron chi connectivity index (χ1n) is 15.4. The summed E-state index contributed by atoms with van der Waals surface area (Å²) in [6.07, 6.45) is 5.67. The molecule has 0 spiro atoms. The summed E-state index contributed by atoms with van der Waals surface area (Å²) < 4.78 is 0. The van der Waals surface area contributed by atoms with Crippen LogP contribution in [0.2, 0.25) is 0 Å². The van der Waals surface area contributed by atoms with E-state index in [1.165, 1.54) is 39.0 Å². The lowest BCUT2D eigenvalue weighted by Crippen LogP contribution is -2.12. The molecule has 2 aliphatic rings. The van der Waals surface area contributed by atoms with E-state index in [2.05, 4.69) is 163 Å². The molecule has 1 heteroatoms. The van der Waals surface area contributed by atoms with Crippen molar-refractivity contribution in [3.8, 4) is 22.3 Å². The van der Waals surface area contributed by atoms with Gasteiger partial charge in [-0.3, -0.25) is 0 Å². The van der Waals surface area contributed by atoms with Crippen molar-refractivity contribution in [2.45, 2.75) is 19.3 Å². The molecule has 0 aliphatic heterocycles. The van der Waals surface area contributed by atoms with Crippen LogP contribution in [0.5, 0.6) is 0 Å². The molecule has 0 saturated carbocycles. The van der Waals surface area contributed by atoms with Gasteiger partial charge >= 0.3 is 0 Å². The number of fused-ring (bicyclic) bond motifs is 2. The molecule has 208 valence electrons. The third kappa shape index (κ3) is 4.81. The highest BCUT2D eigenvalue weighted by Crippen LogP contribution is 2.46. The number of hydrogen-bond acceptors (Lipinski definition) is 1. The summed E-state index contributed by atoms with van der Waals surface area (Å²) in [6.45, 7) is 0. The zero-order chi connectivity index (χ0) is 29.3. The van der Waals surface area contributed by atoms with Gasteiger partial charge in [-0.15, -0.1) is 0 Å². The van der Waals surface area contributed by atoms with Gasteiger partial charge in [-0.25, -0.2) is 0 Å². The molecule has 0 heterocycles. The summed E-state index contributed by atoms with van der Waals surface area (Å²) in [7, 11) is 0. The highest BCUT2D eigenvalue weighted by Gasteiger charge is 2.26. The van der Waals surface area contributed by atoms with Crippen LogP contribution in [-0.4, -0.2) is 0 Å². The van der Waals surface area contributed by atoms with E-state index in [0.29, 0.717) is 0 Å². The number of benzene rings is 5. The molecule has 0 bridgehead atoms. The minimum atomic E-state index is 0.965. The smallest absolute Gasteiger partial charge is 0.0974 e. The number of anilines is 3. The molecule has 0 aromatic heterocycles. The second-order valence-electron chi connectivity index (χ2n) is 11.5. The van der Waals surface area contributed by atoms with E-state index >= 15 is 0 Å². The fourth-order valence-electron chi connectivity index (χ4n) is 6.68. The van der Waals surface area contributed by atoms with Gasteiger partial charge in [0.2, 0.25) is 0 Å². The standard InChI is InChI=1S/C43H31N/c1-3-11-31(12-4-1)33-21-25-38(26-22-33)44(39-27-23-34(24-28-39)32-13-5-2-6-14-32)43-18-10-9-17-41(43)37-20-19-36-29-35-15-7-8-16-40(35)42(36)30-37/h1-18,21-23,25-27,30H,19-20,29H2. The summed E-state index contributed by atoms with van der Waals surface area (Å²) in [6, 6.07) is 58.9. The van der Waals surface area contributed by atoms with E-state index in [4.69, 9.17) is 0 Å². The van der Waals surface area contributed by atoms with Crippen LogP contribution < -0.4 is 4.90 Å². The Bertz CT molecular complexity index is 1910. The van der Waals surface area contributed by atoms with Gasteiger partial charge in [-0.1, -0.05) is 133 Å². The van der Waals surface area contributed by atoms with Gasteiger partial charge < -0.3 is 4.90 Å². The predicted molar refractivity (Wildman–Crippen MR) is 184 cm³/mol. The highest BCUT2D eigenvalue weighted by molar-refractivity contribution is 5.95. The zero-order valence-electron chi connectivity index (χ0n) is 24.5. The van der Waals surface area contributed by atoms with Crippen molar-refractivity contribution in [2.24, 2.45) is 0 Å². The van der Waals surface area contributed by atoms with Gasteiger partial charge in [-0.2, -0.15) is 0 Å².